The third-order valence-corrected chi connectivity index (χ3v) is 6.61. The number of nitrogens with one attached hydrogen (secondary N) is 2. The Morgan fingerprint density at radius 3 is 1.86 bits per heavy atom. The van der Waals surface area contributed by atoms with Crippen molar-refractivity contribution >= 4 is 57.6 Å². The topological polar surface area (TPSA) is 84.2 Å². The van der Waals surface area contributed by atoms with Gasteiger partial charge in [0, 0.05) is 39.2 Å². The van der Waals surface area contributed by atoms with Crippen molar-refractivity contribution in [2.75, 3.05) is 10.6 Å². The number of nitrogens with zero attached hydrogens (tertiary/aromatic N) is 1. The predicted molar refractivity (Wildman–Crippen MR) is 145 cm³/mol. The normalized spacial score (nSPS) is 16.2. The van der Waals surface area contributed by atoms with E-state index in [4.69, 9.17) is 4.42 Å². The summed E-state index contributed by atoms with van der Waals surface area (Å²) >= 11 is 0. The maximum atomic E-state index is 12.5. The first-order valence-electron chi connectivity index (χ1n) is 11.9. The van der Waals surface area contributed by atoms with E-state index in [9.17, 15) is 9.59 Å². The second kappa shape index (κ2) is 8.17. The van der Waals surface area contributed by atoms with Crippen LogP contribution in [0.3, 0.4) is 0 Å². The van der Waals surface area contributed by atoms with E-state index in [1.165, 1.54) is 0 Å². The lowest BCUT2D eigenvalue weighted by molar-refractivity contribution is -0.111. The third kappa shape index (κ3) is 3.63. The number of hydrogen-bond donors (Lipinski definition) is 2. The number of aromatic nitrogens is 1. The van der Waals surface area contributed by atoms with Crippen molar-refractivity contribution in [2.45, 2.75) is 0 Å². The van der Waals surface area contributed by atoms with Gasteiger partial charge < -0.3 is 15.1 Å². The Bertz CT molecular complexity index is 1810. The van der Waals surface area contributed by atoms with Crippen LogP contribution < -0.4 is 10.6 Å². The fraction of sp³-hybridized carbons (Fsp3) is 0. The Morgan fingerprint density at radius 1 is 0.649 bits per heavy atom. The monoisotopic (exact) mass is 481 g/mol. The number of para-hydroxylation sites is 2. The van der Waals surface area contributed by atoms with E-state index in [-0.39, 0.29) is 11.8 Å². The van der Waals surface area contributed by atoms with Gasteiger partial charge in [-0.1, -0.05) is 54.6 Å². The Kier molecular flexibility index (Phi) is 4.66. The molecule has 0 saturated carbocycles. The molecule has 2 aliphatic rings. The Hall–Kier alpha value is -5.23. The zero-order valence-corrected chi connectivity index (χ0v) is 19.5. The van der Waals surface area contributed by atoms with E-state index < -0.39 is 0 Å². The molecule has 0 aliphatic carbocycles. The predicted octanol–water partition coefficient (Wildman–Crippen LogP) is 6.48. The maximum Gasteiger partial charge on any atom is 0.256 e. The number of fused-ring (bicyclic) bond motifs is 3. The summed E-state index contributed by atoms with van der Waals surface area (Å²) in [6, 6.07) is 28.7. The molecule has 1 aromatic heterocycles. The smallest absolute Gasteiger partial charge is 0.256 e. The molecule has 5 aromatic rings. The molecule has 0 fully saturated rings. The summed E-state index contributed by atoms with van der Waals surface area (Å²) in [7, 11) is 0. The number of carbonyl (C=O) groups excluding carboxylic acids is 2. The average Bonchev–Trinajstić information content (AvgIpc) is 3.58. The highest BCUT2D eigenvalue weighted by Gasteiger charge is 2.24. The molecule has 0 atom stereocenters. The maximum absolute atomic E-state index is 12.5. The molecule has 2 amide bonds. The van der Waals surface area contributed by atoms with Crippen molar-refractivity contribution in [3.8, 4) is 11.5 Å². The third-order valence-electron chi connectivity index (χ3n) is 6.61. The molecule has 7 rings (SSSR count). The summed E-state index contributed by atoms with van der Waals surface area (Å²) in [4.78, 5) is 29.6. The van der Waals surface area contributed by atoms with Crippen LogP contribution in [0.2, 0.25) is 0 Å². The fourth-order valence-corrected chi connectivity index (χ4v) is 4.78. The van der Waals surface area contributed by atoms with Crippen LogP contribution >= 0.6 is 0 Å². The van der Waals surface area contributed by atoms with Gasteiger partial charge in [-0.2, -0.15) is 0 Å². The summed E-state index contributed by atoms with van der Waals surface area (Å²) in [6.45, 7) is 0. The number of amides is 2. The molecule has 2 N–H and O–H groups in total. The minimum Gasteiger partial charge on any atom is -0.436 e. The number of oxazole rings is 1. The highest BCUT2D eigenvalue weighted by Crippen LogP contribution is 2.35. The number of anilines is 2. The van der Waals surface area contributed by atoms with Crippen LogP contribution in [-0.4, -0.2) is 16.8 Å². The first kappa shape index (κ1) is 21.1. The van der Waals surface area contributed by atoms with Crippen LogP contribution in [0.15, 0.2) is 95.4 Å². The zero-order valence-electron chi connectivity index (χ0n) is 19.5. The molecule has 0 bridgehead atoms. The lowest BCUT2D eigenvalue weighted by atomic mass is 10.0. The molecule has 0 unspecified atom stereocenters. The van der Waals surface area contributed by atoms with Crippen LogP contribution in [0.25, 0.3) is 45.9 Å². The van der Waals surface area contributed by atoms with Crippen LogP contribution in [0, 0.1) is 0 Å². The van der Waals surface area contributed by atoms with E-state index in [0.29, 0.717) is 28.1 Å². The number of benzene rings is 4. The Labute approximate surface area is 212 Å². The van der Waals surface area contributed by atoms with Crippen molar-refractivity contribution < 1.29 is 14.0 Å². The van der Waals surface area contributed by atoms with Crippen molar-refractivity contribution in [3.05, 3.63) is 113 Å². The highest BCUT2D eigenvalue weighted by atomic mass is 16.3. The quantitative estimate of drug-likeness (QED) is 0.289. The summed E-state index contributed by atoms with van der Waals surface area (Å²) in [5.41, 5.74) is 8.69. The van der Waals surface area contributed by atoms with Crippen molar-refractivity contribution in [3.63, 3.8) is 0 Å². The molecule has 3 heterocycles. The van der Waals surface area contributed by atoms with Gasteiger partial charge in [0.1, 0.15) is 5.52 Å². The van der Waals surface area contributed by atoms with Gasteiger partial charge >= 0.3 is 0 Å². The fourth-order valence-electron chi connectivity index (χ4n) is 4.78. The van der Waals surface area contributed by atoms with Gasteiger partial charge in [0.05, 0.1) is 0 Å². The molecule has 0 spiro atoms. The second-order valence-electron chi connectivity index (χ2n) is 8.98. The molecule has 176 valence electrons. The van der Waals surface area contributed by atoms with E-state index in [2.05, 4.69) is 15.6 Å². The summed E-state index contributed by atoms with van der Waals surface area (Å²) in [6.07, 6.45) is 3.75. The Balaban J connectivity index is 1.18. The van der Waals surface area contributed by atoms with E-state index >= 15 is 0 Å². The van der Waals surface area contributed by atoms with Gasteiger partial charge in [-0.15, -0.1) is 0 Å². The van der Waals surface area contributed by atoms with Crippen molar-refractivity contribution in [2.24, 2.45) is 0 Å². The van der Waals surface area contributed by atoms with Crippen molar-refractivity contribution in [1.82, 2.24) is 4.98 Å². The highest BCUT2D eigenvalue weighted by molar-refractivity contribution is 6.35. The average molecular weight is 482 g/mol. The van der Waals surface area contributed by atoms with Crippen LogP contribution in [0.5, 0.6) is 0 Å². The van der Waals surface area contributed by atoms with Crippen LogP contribution in [0.4, 0.5) is 11.4 Å². The van der Waals surface area contributed by atoms with Crippen molar-refractivity contribution in [1.29, 1.82) is 0 Å². The van der Waals surface area contributed by atoms with Crippen LogP contribution in [0.1, 0.15) is 22.3 Å². The zero-order chi connectivity index (χ0) is 24.9. The van der Waals surface area contributed by atoms with Gasteiger partial charge in [0.15, 0.2) is 5.58 Å². The standard InChI is InChI=1S/C31H19N3O3/c35-29-23(21-5-1-3-7-25(21)32-29)15-18-9-12-20(13-10-18)31-34-27-17-19(11-14-28(27)37-31)16-24-22-6-2-4-8-26(22)33-30(24)36/h1-17H,(H,32,35)(H,33,36)/b23-15-,24-16+. The molecule has 6 nitrogen and oxygen atoms in total. The van der Waals surface area contributed by atoms with E-state index in [1.807, 2.05) is 103 Å². The van der Waals surface area contributed by atoms with E-state index in [1.54, 1.807) is 0 Å². The molecule has 0 radical (unpaired) electrons. The minimum absolute atomic E-state index is 0.103. The molecule has 2 aliphatic heterocycles. The van der Waals surface area contributed by atoms with Gasteiger partial charge in [-0.05, 0) is 59.7 Å². The van der Waals surface area contributed by atoms with E-state index in [0.717, 1.165) is 39.2 Å². The molecular formula is C31H19N3O3. The first-order valence-corrected chi connectivity index (χ1v) is 11.9. The number of rotatable bonds is 3. The van der Waals surface area contributed by atoms with Crippen LogP contribution in [-0.2, 0) is 9.59 Å². The molecular weight excluding hydrogens is 462 g/mol. The van der Waals surface area contributed by atoms with Gasteiger partial charge in [-0.3, -0.25) is 9.59 Å². The number of hydrogen-bond acceptors (Lipinski definition) is 4. The van der Waals surface area contributed by atoms with Gasteiger partial charge in [-0.25, -0.2) is 4.98 Å². The lowest BCUT2D eigenvalue weighted by Gasteiger charge is -2.00. The van der Waals surface area contributed by atoms with Gasteiger partial charge in [0.25, 0.3) is 11.8 Å². The minimum atomic E-state index is -0.115. The Morgan fingerprint density at radius 2 is 1.22 bits per heavy atom. The first-order chi connectivity index (χ1) is 18.1. The van der Waals surface area contributed by atoms with Gasteiger partial charge in [0.2, 0.25) is 5.89 Å². The molecule has 4 aromatic carbocycles. The molecule has 6 heteroatoms. The molecule has 37 heavy (non-hydrogen) atoms. The number of carbonyl (C=O) groups is 2. The lowest BCUT2D eigenvalue weighted by Crippen LogP contribution is -2.03. The largest absolute Gasteiger partial charge is 0.436 e. The summed E-state index contributed by atoms with van der Waals surface area (Å²) in [5.74, 6) is 0.288. The second-order valence-corrected chi connectivity index (χ2v) is 8.98. The summed E-state index contributed by atoms with van der Waals surface area (Å²) < 4.78 is 6.00. The SMILES string of the molecule is O=C1Nc2ccccc2/C1=C/c1ccc(-c2nc3cc(/C=C4/C(=O)Nc5ccccc54)ccc3o2)cc1. The molecule has 0 saturated heterocycles. The summed E-state index contributed by atoms with van der Waals surface area (Å²) in [5, 5.41) is 5.79.